The topological polar surface area (TPSA) is 38.1 Å². The first kappa shape index (κ1) is 23.4. The van der Waals surface area contributed by atoms with E-state index in [1.165, 1.54) is 12.1 Å². The Balaban J connectivity index is 1.79. The lowest BCUT2D eigenvalue weighted by Crippen LogP contribution is -2.37. The first-order valence-corrected chi connectivity index (χ1v) is 10.5. The van der Waals surface area contributed by atoms with Gasteiger partial charge in [0, 0.05) is 5.56 Å². The fraction of sp³-hybridized carbons (Fsp3) is 0.154. The number of nitrogens with zero attached hydrogens (tertiary/aromatic N) is 3. The van der Waals surface area contributed by atoms with Gasteiger partial charge in [-0.2, -0.15) is 18.3 Å². The van der Waals surface area contributed by atoms with E-state index in [4.69, 9.17) is 0 Å². The summed E-state index contributed by atoms with van der Waals surface area (Å²) in [5, 5.41) is 4.24. The van der Waals surface area contributed by atoms with E-state index < -0.39 is 29.2 Å². The Hall–Kier alpha value is -3.78. The highest BCUT2D eigenvalue weighted by Crippen LogP contribution is 2.30. The normalized spacial score (nSPS) is 12.6. The van der Waals surface area contributed by atoms with Crippen LogP contribution in [0.5, 0.6) is 0 Å². The molecule has 8 heteroatoms. The van der Waals surface area contributed by atoms with Gasteiger partial charge < -0.3 is 0 Å². The zero-order valence-electron chi connectivity index (χ0n) is 18.2. The second-order valence-corrected chi connectivity index (χ2v) is 7.87. The fourth-order valence-corrected chi connectivity index (χ4v) is 3.87. The number of benzene rings is 3. The molecule has 0 saturated carbocycles. The van der Waals surface area contributed by atoms with E-state index in [0.717, 1.165) is 21.9 Å². The van der Waals surface area contributed by atoms with Gasteiger partial charge in [-0.15, -0.1) is 0 Å². The van der Waals surface area contributed by atoms with E-state index in [1.54, 1.807) is 54.4 Å². The number of rotatable bonds is 6. The van der Waals surface area contributed by atoms with Crippen molar-refractivity contribution >= 4 is 0 Å². The van der Waals surface area contributed by atoms with Crippen LogP contribution < -0.4 is 5.56 Å². The summed E-state index contributed by atoms with van der Waals surface area (Å²) in [6, 6.07) is 23.8. The molecule has 34 heavy (non-hydrogen) atoms. The second-order valence-electron chi connectivity index (χ2n) is 7.87. The predicted octanol–water partition coefficient (Wildman–Crippen LogP) is 5.75. The second kappa shape index (κ2) is 9.61. The standard InChI is InChI=1S/C26H21F4N3O/c1-32(24(19-10-6-3-7-11-19)20-12-14-21(27)15-13-20)17-33-25(34)22(26(28,29)30)16-23(31-33)18-8-4-2-5-9-18/h2-16,24H,17H2,1H3. The van der Waals surface area contributed by atoms with Crippen molar-refractivity contribution in [2.24, 2.45) is 0 Å². The van der Waals surface area contributed by atoms with Gasteiger partial charge in [0.25, 0.3) is 5.56 Å². The van der Waals surface area contributed by atoms with Gasteiger partial charge in [-0.25, -0.2) is 9.07 Å². The van der Waals surface area contributed by atoms with Crippen molar-refractivity contribution in [1.82, 2.24) is 14.7 Å². The Kier molecular flexibility index (Phi) is 6.61. The average Bonchev–Trinajstić information content (AvgIpc) is 2.82. The molecule has 4 aromatic rings. The minimum Gasteiger partial charge on any atom is -0.276 e. The highest BCUT2D eigenvalue weighted by atomic mass is 19.4. The molecule has 0 N–H and O–H groups in total. The third-order valence-electron chi connectivity index (χ3n) is 5.45. The summed E-state index contributed by atoms with van der Waals surface area (Å²) in [7, 11) is 1.68. The van der Waals surface area contributed by atoms with E-state index in [-0.39, 0.29) is 12.4 Å². The van der Waals surface area contributed by atoms with Crippen LogP contribution in [-0.4, -0.2) is 21.7 Å². The molecule has 0 fully saturated rings. The average molecular weight is 467 g/mol. The summed E-state index contributed by atoms with van der Waals surface area (Å²) in [6.45, 7) is -0.223. The summed E-state index contributed by atoms with van der Waals surface area (Å²) in [6.07, 6.45) is -4.83. The number of aromatic nitrogens is 2. The quantitative estimate of drug-likeness (QED) is 0.339. The number of hydrogen-bond donors (Lipinski definition) is 0. The largest absolute Gasteiger partial charge is 0.421 e. The van der Waals surface area contributed by atoms with Crippen molar-refractivity contribution < 1.29 is 17.6 Å². The fourth-order valence-electron chi connectivity index (χ4n) is 3.87. The van der Waals surface area contributed by atoms with Gasteiger partial charge in [-0.1, -0.05) is 72.8 Å². The molecule has 174 valence electrons. The summed E-state index contributed by atoms with van der Waals surface area (Å²) in [5.41, 5.74) is -0.461. The van der Waals surface area contributed by atoms with Crippen LogP contribution in [-0.2, 0) is 12.8 Å². The summed E-state index contributed by atoms with van der Waals surface area (Å²) in [5.74, 6) is -0.401. The number of alkyl halides is 3. The molecule has 0 amide bonds. The van der Waals surface area contributed by atoms with Crippen molar-refractivity contribution in [2.45, 2.75) is 18.9 Å². The molecule has 0 aliphatic heterocycles. The van der Waals surface area contributed by atoms with E-state index in [1.807, 2.05) is 30.3 Å². The maximum atomic E-state index is 13.7. The van der Waals surface area contributed by atoms with Crippen molar-refractivity contribution in [3.05, 3.63) is 124 Å². The summed E-state index contributed by atoms with van der Waals surface area (Å²) in [4.78, 5) is 14.5. The third-order valence-corrected chi connectivity index (χ3v) is 5.45. The Labute approximate surface area is 193 Å². The number of halogens is 4. The van der Waals surface area contributed by atoms with E-state index in [2.05, 4.69) is 5.10 Å². The van der Waals surface area contributed by atoms with Crippen LogP contribution >= 0.6 is 0 Å². The smallest absolute Gasteiger partial charge is 0.276 e. The Bertz CT molecular complexity index is 1300. The molecule has 1 unspecified atom stereocenters. The molecule has 3 aromatic carbocycles. The number of hydrogen-bond acceptors (Lipinski definition) is 3. The van der Waals surface area contributed by atoms with Crippen LogP contribution in [0.1, 0.15) is 22.7 Å². The van der Waals surface area contributed by atoms with Crippen LogP contribution in [0.15, 0.2) is 95.8 Å². The lowest BCUT2D eigenvalue weighted by atomic mass is 9.97. The molecule has 0 spiro atoms. The molecule has 1 atom stereocenters. The molecule has 0 radical (unpaired) electrons. The zero-order valence-corrected chi connectivity index (χ0v) is 18.2. The molecule has 0 aliphatic carbocycles. The minimum absolute atomic E-state index is 0.0407. The third kappa shape index (κ3) is 5.07. The summed E-state index contributed by atoms with van der Waals surface area (Å²) >= 11 is 0. The van der Waals surface area contributed by atoms with Crippen molar-refractivity contribution in [3.8, 4) is 11.3 Å². The molecule has 1 aromatic heterocycles. The SMILES string of the molecule is CN(Cn1nc(-c2ccccc2)cc(C(F)(F)F)c1=O)C(c1ccccc1)c1ccc(F)cc1. The molecule has 0 aliphatic rings. The molecule has 4 rings (SSSR count). The van der Waals surface area contributed by atoms with Gasteiger partial charge >= 0.3 is 6.18 Å². The molecular formula is C26H21F4N3O. The molecule has 0 bridgehead atoms. The zero-order chi connectivity index (χ0) is 24.3. The Morgan fingerprint density at radius 1 is 0.882 bits per heavy atom. The van der Waals surface area contributed by atoms with Crippen LogP contribution in [0.4, 0.5) is 17.6 Å². The maximum absolute atomic E-state index is 13.7. The van der Waals surface area contributed by atoms with E-state index in [9.17, 15) is 22.4 Å². The monoisotopic (exact) mass is 467 g/mol. The Morgan fingerprint density at radius 2 is 1.44 bits per heavy atom. The summed E-state index contributed by atoms with van der Waals surface area (Å²) < 4.78 is 55.5. The van der Waals surface area contributed by atoms with E-state index >= 15 is 0 Å². The van der Waals surface area contributed by atoms with Crippen molar-refractivity contribution in [3.63, 3.8) is 0 Å². The molecular weight excluding hydrogens is 446 g/mol. The van der Waals surface area contributed by atoms with Gasteiger partial charge in [-0.3, -0.25) is 9.69 Å². The molecule has 1 heterocycles. The van der Waals surface area contributed by atoms with Crippen LogP contribution in [0.3, 0.4) is 0 Å². The first-order valence-electron chi connectivity index (χ1n) is 10.5. The van der Waals surface area contributed by atoms with Crippen LogP contribution in [0.25, 0.3) is 11.3 Å². The maximum Gasteiger partial charge on any atom is 0.421 e. The lowest BCUT2D eigenvalue weighted by Gasteiger charge is -2.29. The molecule has 4 nitrogen and oxygen atoms in total. The lowest BCUT2D eigenvalue weighted by molar-refractivity contribution is -0.139. The van der Waals surface area contributed by atoms with Gasteiger partial charge in [0.2, 0.25) is 0 Å². The van der Waals surface area contributed by atoms with Gasteiger partial charge in [0.1, 0.15) is 11.4 Å². The predicted molar refractivity (Wildman–Crippen MR) is 121 cm³/mol. The highest BCUT2D eigenvalue weighted by molar-refractivity contribution is 5.59. The van der Waals surface area contributed by atoms with Crippen molar-refractivity contribution in [2.75, 3.05) is 7.05 Å². The Morgan fingerprint density at radius 3 is 2.03 bits per heavy atom. The first-order chi connectivity index (χ1) is 16.2. The van der Waals surface area contributed by atoms with Crippen LogP contribution in [0, 0.1) is 5.82 Å². The van der Waals surface area contributed by atoms with Gasteiger partial charge in [-0.05, 0) is 36.4 Å². The van der Waals surface area contributed by atoms with Gasteiger partial charge in [0.05, 0.1) is 18.4 Å². The molecule has 0 saturated heterocycles. The minimum atomic E-state index is -4.83. The van der Waals surface area contributed by atoms with Gasteiger partial charge in [0.15, 0.2) is 0 Å². The van der Waals surface area contributed by atoms with Crippen LogP contribution in [0.2, 0.25) is 0 Å². The van der Waals surface area contributed by atoms with E-state index in [0.29, 0.717) is 5.56 Å². The highest BCUT2D eigenvalue weighted by Gasteiger charge is 2.36. The van der Waals surface area contributed by atoms with Crippen molar-refractivity contribution in [1.29, 1.82) is 0 Å².